The van der Waals surface area contributed by atoms with Crippen LogP contribution in [0.3, 0.4) is 0 Å². The predicted octanol–water partition coefficient (Wildman–Crippen LogP) is 2.31. The molecule has 0 spiro atoms. The molecule has 152 valence electrons. The Balaban J connectivity index is 1.55. The van der Waals surface area contributed by atoms with Crippen molar-refractivity contribution >= 4 is 16.2 Å². The molecule has 1 amide bonds. The molecule has 0 saturated heterocycles. The molecular formula is C20H21N3O5S. The molecule has 2 N–H and O–H groups in total. The predicted molar refractivity (Wildman–Crippen MR) is 104 cm³/mol. The maximum Gasteiger partial charge on any atom is 0.408 e. The molecule has 29 heavy (non-hydrogen) atoms. The molecule has 2 aromatic rings. The van der Waals surface area contributed by atoms with Crippen molar-refractivity contribution in [2.75, 3.05) is 0 Å². The van der Waals surface area contributed by atoms with Crippen LogP contribution in [-0.4, -0.2) is 25.4 Å². The molecule has 1 aliphatic carbocycles. The second-order valence-corrected chi connectivity index (χ2v) is 8.96. The number of hydrogen-bond donors (Lipinski definition) is 2. The van der Waals surface area contributed by atoms with E-state index in [1.165, 1.54) is 31.9 Å². The molecule has 0 bridgehead atoms. The van der Waals surface area contributed by atoms with E-state index in [1.54, 1.807) is 18.2 Å². The highest BCUT2D eigenvalue weighted by atomic mass is 32.2. The largest absolute Gasteiger partial charge is 0.465 e. The minimum atomic E-state index is -4.00. The lowest BCUT2D eigenvalue weighted by atomic mass is 9.98. The van der Waals surface area contributed by atoms with Crippen molar-refractivity contribution in [3.05, 3.63) is 58.7 Å². The topological polar surface area (TPSA) is 117 Å². The van der Waals surface area contributed by atoms with Crippen LogP contribution in [0.2, 0.25) is 0 Å². The number of benzene rings is 2. The number of rotatable bonds is 5. The molecule has 1 unspecified atom stereocenters. The highest BCUT2D eigenvalue weighted by molar-refractivity contribution is 7.87. The minimum absolute atomic E-state index is 0.0822. The Labute approximate surface area is 168 Å². The van der Waals surface area contributed by atoms with Crippen molar-refractivity contribution in [1.29, 1.82) is 0 Å². The third-order valence-electron chi connectivity index (χ3n) is 5.17. The van der Waals surface area contributed by atoms with Crippen LogP contribution in [0.25, 0.3) is 0 Å². The molecule has 9 heteroatoms. The van der Waals surface area contributed by atoms with Crippen LogP contribution in [0.5, 0.6) is 5.75 Å². The zero-order valence-corrected chi connectivity index (χ0v) is 16.6. The fourth-order valence-electron chi connectivity index (χ4n) is 3.83. The molecule has 1 heterocycles. The maximum atomic E-state index is 12.6. The molecule has 2 aliphatic rings. The average Bonchev–Trinajstić information content (AvgIpc) is 3.27. The van der Waals surface area contributed by atoms with Crippen LogP contribution in [0.15, 0.2) is 57.3 Å². The number of carbonyl (C=O) groups is 1. The Hall–Kier alpha value is -2.94. The second-order valence-electron chi connectivity index (χ2n) is 7.41. The quantitative estimate of drug-likeness (QED) is 0.727. The number of nitrogens with one attached hydrogen (secondary N) is 1. The number of nitrogens with zero attached hydrogens (tertiary/aromatic N) is 2. The van der Waals surface area contributed by atoms with Gasteiger partial charge in [0.15, 0.2) is 0 Å². The van der Waals surface area contributed by atoms with Gasteiger partial charge in [0.25, 0.3) is 0 Å². The third kappa shape index (κ3) is 4.09. The summed E-state index contributed by atoms with van der Waals surface area (Å²) in [6.45, 7) is 1.50. The average molecular weight is 415 g/mol. The van der Waals surface area contributed by atoms with Gasteiger partial charge in [-0.05, 0) is 48.6 Å². The minimum Gasteiger partial charge on any atom is -0.465 e. The van der Waals surface area contributed by atoms with Gasteiger partial charge < -0.3 is 9.29 Å². The van der Waals surface area contributed by atoms with Crippen molar-refractivity contribution in [2.24, 2.45) is 9.98 Å². The first-order chi connectivity index (χ1) is 13.7. The van der Waals surface area contributed by atoms with Crippen molar-refractivity contribution in [1.82, 2.24) is 5.32 Å². The van der Waals surface area contributed by atoms with Crippen LogP contribution in [-0.2, 0) is 10.1 Å². The molecule has 1 fully saturated rings. The van der Waals surface area contributed by atoms with Gasteiger partial charge in [-0.25, -0.2) is 14.8 Å². The summed E-state index contributed by atoms with van der Waals surface area (Å²) in [4.78, 5) is 19.4. The highest BCUT2D eigenvalue weighted by Gasteiger charge is 2.27. The van der Waals surface area contributed by atoms with Crippen LogP contribution in [0.4, 0.5) is 4.79 Å². The van der Waals surface area contributed by atoms with Gasteiger partial charge in [0, 0.05) is 13.0 Å². The van der Waals surface area contributed by atoms with Crippen LogP contribution >= 0.6 is 0 Å². The standard InChI is InChI=1S/C20H21N3O5S/c1-20(23-19(24)25)21-17-11-8-15(12-18(17)22-20)28-29(26,27)16-9-6-14(7-10-16)13-4-2-3-5-13/h6-13,23H,2-5H2,1H3,(H,24,25). The number of carboxylic acid groups (broad SMARTS) is 1. The van der Waals surface area contributed by atoms with Gasteiger partial charge in [-0.2, -0.15) is 8.42 Å². The Bertz CT molecular complexity index is 1170. The normalized spacial score (nSPS) is 21.1. The second kappa shape index (κ2) is 7.14. The Morgan fingerprint density at radius 2 is 1.76 bits per heavy atom. The van der Waals surface area contributed by atoms with Crippen molar-refractivity contribution in [2.45, 2.75) is 49.2 Å². The summed E-state index contributed by atoms with van der Waals surface area (Å²) in [5.74, 6) is -0.757. The lowest BCUT2D eigenvalue weighted by molar-refractivity contribution is 0.182. The summed E-state index contributed by atoms with van der Waals surface area (Å²) < 4.78 is 30.5. The summed E-state index contributed by atoms with van der Waals surface area (Å²) in [7, 11) is -4.00. The molecule has 0 aromatic heterocycles. The number of fused-ring (bicyclic) bond motifs is 1. The maximum absolute atomic E-state index is 12.6. The zero-order chi connectivity index (χ0) is 20.6. The highest BCUT2D eigenvalue weighted by Crippen LogP contribution is 2.34. The summed E-state index contributed by atoms with van der Waals surface area (Å²) in [6, 6.07) is 11.3. The summed E-state index contributed by atoms with van der Waals surface area (Å²) in [6.07, 6.45) is 3.45. The molecule has 4 rings (SSSR count). The van der Waals surface area contributed by atoms with E-state index in [0.29, 0.717) is 16.6 Å². The lowest BCUT2D eigenvalue weighted by Crippen LogP contribution is -2.41. The Morgan fingerprint density at radius 1 is 1.10 bits per heavy atom. The van der Waals surface area contributed by atoms with E-state index in [2.05, 4.69) is 15.3 Å². The van der Waals surface area contributed by atoms with Crippen LogP contribution < -0.4 is 20.2 Å². The van der Waals surface area contributed by atoms with Crippen molar-refractivity contribution < 1.29 is 22.5 Å². The first kappa shape index (κ1) is 19.4. The number of hydrogen-bond acceptors (Lipinski definition) is 6. The van der Waals surface area contributed by atoms with Gasteiger partial charge in [0.2, 0.25) is 5.79 Å². The Kier molecular flexibility index (Phi) is 4.77. The molecule has 1 saturated carbocycles. The number of amides is 1. The first-order valence-electron chi connectivity index (χ1n) is 9.39. The molecule has 0 radical (unpaired) electrons. The molecule has 2 aromatic carbocycles. The van der Waals surface area contributed by atoms with E-state index in [9.17, 15) is 13.2 Å². The van der Waals surface area contributed by atoms with Gasteiger partial charge in [0.1, 0.15) is 10.6 Å². The lowest BCUT2D eigenvalue weighted by Gasteiger charge is -2.16. The first-order valence-corrected chi connectivity index (χ1v) is 10.8. The fraction of sp³-hybridized carbons (Fsp3) is 0.350. The van der Waals surface area contributed by atoms with E-state index in [4.69, 9.17) is 9.29 Å². The van der Waals surface area contributed by atoms with E-state index in [-0.39, 0.29) is 10.6 Å². The van der Waals surface area contributed by atoms with Crippen LogP contribution in [0.1, 0.15) is 44.1 Å². The van der Waals surface area contributed by atoms with E-state index >= 15 is 0 Å². The summed E-state index contributed by atoms with van der Waals surface area (Å²) in [5.41, 5.74) is 1.16. The van der Waals surface area contributed by atoms with Gasteiger partial charge in [0.05, 0.1) is 10.7 Å². The van der Waals surface area contributed by atoms with E-state index in [0.717, 1.165) is 18.4 Å². The fourth-order valence-corrected chi connectivity index (χ4v) is 4.76. The smallest absolute Gasteiger partial charge is 0.408 e. The van der Waals surface area contributed by atoms with Gasteiger partial charge >= 0.3 is 16.2 Å². The van der Waals surface area contributed by atoms with Crippen LogP contribution in [0, 0.1) is 0 Å². The summed E-state index contributed by atoms with van der Waals surface area (Å²) >= 11 is 0. The van der Waals surface area contributed by atoms with E-state index < -0.39 is 22.0 Å². The van der Waals surface area contributed by atoms with Gasteiger partial charge in [-0.15, -0.1) is 0 Å². The van der Waals surface area contributed by atoms with Crippen molar-refractivity contribution in [3.8, 4) is 5.75 Å². The third-order valence-corrected chi connectivity index (χ3v) is 6.43. The summed E-state index contributed by atoms with van der Waals surface area (Å²) in [5, 5.41) is 11.9. The molecule has 1 atom stereocenters. The molecule has 8 nitrogen and oxygen atoms in total. The Morgan fingerprint density at radius 3 is 2.41 bits per heavy atom. The van der Waals surface area contributed by atoms with Crippen molar-refractivity contribution in [3.63, 3.8) is 0 Å². The zero-order valence-electron chi connectivity index (χ0n) is 15.8. The van der Waals surface area contributed by atoms with E-state index in [1.807, 2.05) is 12.1 Å². The SMILES string of the molecule is CC1(NC(=O)O)N=c2ccc(OS(=O)(=O)c3ccc(C4CCCC4)cc3)cc2=N1. The molecule has 1 aliphatic heterocycles. The van der Waals surface area contributed by atoms with Gasteiger partial charge in [-0.1, -0.05) is 25.0 Å². The van der Waals surface area contributed by atoms with Gasteiger partial charge in [-0.3, -0.25) is 5.32 Å². The molecular weight excluding hydrogens is 394 g/mol. The monoisotopic (exact) mass is 415 g/mol.